The number of hydrogen-bond acceptors (Lipinski definition) is 12. The smallest absolute Gasteiger partial charge is 0.258 e. The van der Waals surface area contributed by atoms with Crippen molar-refractivity contribution in [2.24, 2.45) is 0 Å². The maximum Gasteiger partial charge on any atom is 0.258 e. The van der Waals surface area contributed by atoms with Crippen LogP contribution in [0.2, 0.25) is 0 Å². The van der Waals surface area contributed by atoms with Crippen molar-refractivity contribution in [2.45, 2.75) is 77.4 Å². The Bertz CT molecular complexity index is 3530. The Kier molecular flexibility index (Phi) is 15.1. The van der Waals surface area contributed by atoms with Crippen molar-refractivity contribution < 1.29 is 24.0 Å². The summed E-state index contributed by atoms with van der Waals surface area (Å²) in [6.07, 6.45) is -1.42. The standard InChI is InChI=1S/C60H57N10O6/c1-35-15-19-41-11-7-9-13-45(41)49(35)32-67-53-26-18-40(31-62)28-54(53)68(34-51(60(67)75)65-57(72)37(3)63-5)59(74)44-23-21-43(22-24-44)56(71)48-29-55(66-58(73)38(4)64-6)70(76)69(52-25-17-39(30-61)27-47(48)52)33-50-36(2)16-20-42-12-8-10-14-46(42)50/h7-28,37-38,48,51,55,63-64H,29,32-34H2,1-6H3,(H,65,72)(H,66,73)/q-1/t37-,38-,48?,51-,55-/m0/s1. The Morgan fingerprint density at radius 1 is 0.658 bits per heavy atom. The van der Waals surface area contributed by atoms with Gasteiger partial charge in [0, 0.05) is 11.1 Å². The van der Waals surface area contributed by atoms with E-state index < -0.39 is 59.6 Å². The van der Waals surface area contributed by atoms with Crippen LogP contribution in [0.3, 0.4) is 0 Å². The van der Waals surface area contributed by atoms with E-state index in [1.54, 1.807) is 69.2 Å². The van der Waals surface area contributed by atoms with Gasteiger partial charge in [0.1, 0.15) is 6.04 Å². The highest BCUT2D eigenvalue weighted by Crippen LogP contribution is 2.42. The number of nitrogens with zero attached hydrogens (tertiary/aromatic N) is 6. The second-order valence-electron chi connectivity index (χ2n) is 19.4. The molecule has 0 saturated heterocycles. The second-order valence-corrected chi connectivity index (χ2v) is 19.4. The maximum absolute atomic E-state index is 15.2. The number of amides is 4. The number of ketones is 1. The summed E-state index contributed by atoms with van der Waals surface area (Å²) < 4.78 is 0. The summed E-state index contributed by atoms with van der Waals surface area (Å²) >= 11 is 0. The number of nitrogens with one attached hydrogen (secondary N) is 4. The lowest BCUT2D eigenvalue weighted by molar-refractivity contribution is -0.128. The highest BCUT2D eigenvalue weighted by atomic mass is 16.6. The summed E-state index contributed by atoms with van der Waals surface area (Å²) in [6.45, 7) is 7.10. The number of aryl methyl sites for hydroxylation is 2. The van der Waals surface area contributed by atoms with Crippen molar-refractivity contribution in [1.82, 2.24) is 26.4 Å². The number of nitriles is 2. The van der Waals surface area contributed by atoms with Crippen molar-refractivity contribution in [3.05, 3.63) is 189 Å². The van der Waals surface area contributed by atoms with Gasteiger partial charge in [-0.05, 0) is 146 Å². The lowest BCUT2D eigenvalue weighted by Gasteiger charge is -2.46. The average molecular weight is 1010 g/mol. The number of hydrazine groups is 1. The maximum atomic E-state index is 15.2. The van der Waals surface area contributed by atoms with Gasteiger partial charge < -0.3 is 41.3 Å². The van der Waals surface area contributed by atoms with Gasteiger partial charge in [0.05, 0.1) is 84.1 Å². The third kappa shape index (κ3) is 10.1. The minimum absolute atomic E-state index is 0.0714. The Labute approximate surface area is 441 Å². The van der Waals surface area contributed by atoms with Crippen LogP contribution in [0.4, 0.5) is 17.1 Å². The number of carbonyl (C=O) groups excluding carboxylic acids is 5. The van der Waals surface area contributed by atoms with Gasteiger partial charge in [-0.2, -0.15) is 10.5 Å². The van der Waals surface area contributed by atoms with E-state index in [1.807, 2.05) is 86.6 Å². The van der Waals surface area contributed by atoms with Crippen LogP contribution in [0.25, 0.3) is 21.5 Å². The monoisotopic (exact) mass is 1010 g/mol. The van der Waals surface area contributed by atoms with E-state index in [4.69, 9.17) is 0 Å². The first-order valence-electron chi connectivity index (χ1n) is 25.1. The first kappa shape index (κ1) is 52.1. The van der Waals surface area contributed by atoms with Crippen molar-refractivity contribution in [1.29, 1.82) is 10.5 Å². The van der Waals surface area contributed by atoms with E-state index in [0.717, 1.165) is 43.8 Å². The SMILES string of the molecule is CN[C@@H](C)C(=O)N[C@H]1CN(C(=O)c2ccc(C(=O)C3C[C@@H](NC(=O)[C@H](C)NC)N([O-])N(Cc4c(C)ccc5ccccc45)c4ccc(C#N)cc43)cc2)c2cc(C#N)ccc2N(Cc2c(C)ccc3ccccc23)C1=O. The largest absolute Gasteiger partial charge is 0.766 e. The van der Waals surface area contributed by atoms with E-state index in [-0.39, 0.29) is 54.0 Å². The lowest BCUT2D eigenvalue weighted by atomic mass is 9.85. The number of fused-ring (bicyclic) bond motifs is 4. The lowest BCUT2D eigenvalue weighted by Crippen LogP contribution is -2.55. The number of hydrogen-bond donors (Lipinski definition) is 4. The minimum Gasteiger partial charge on any atom is -0.766 e. The molecule has 9 rings (SSSR count). The Hall–Kier alpha value is -8.77. The normalized spacial score (nSPS) is 17.4. The van der Waals surface area contributed by atoms with E-state index in [0.29, 0.717) is 22.1 Å². The molecule has 0 bridgehead atoms. The number of likely N-dealkylation sites (N-methyl/N-ethyl adjacent to an activating group) is 2. The van der Waals surface area contributed by atoms with E-state index in [1.165, 1.54) is 34.2 Å². The van der Waals surface area contributed by atoms with Crippen LogP contribution in [0.1, 0.15) is 85.8 Å². The molecular formula is C60H57N10O6-. The quantitative estimate of drug-likeness (QED) is 0.0815. The summed E-state index contributed by atoms with van der Waals surface area (Å²) in [5.41, 5.74) is 5.80. The Morgan fingerprint density at radius 2 is 1.20 bits per heavy atom. The molecule has 0 radical (unpaired) electrons. The van der Waals surface area contributed by atoms with Gasteiger partial charge in [-0.15, -0.1) is 0 Å². The zero-order chi connectivity index (χ0) is 53.9. The molecule has 0 fully saturated rings. The molecule has 5 atom stereocenters. The number of benzene rings is 7. The number of carbonyl (C=O) groups is 5. The minimum atomic E-state index is -1.25. The van der Waals surface area contributed by atoms with Crippen LogP contribution in [0, 0.1) is 41.7 Å². The van der Waals surface area contributed by atoms with Crippen LogP contribution in [-0.2, 0) is 27.5 Å². The summed E-state index contributed by atoms with van der Waals surface area (Å²) in [6, 6.07) is 41.1. The third-order valence-corrected chi connectivity index (χ3v) is 14.8. The van der Waals surface area contributed by atoms with Gasteiger partial charge in [0.25, 0.3) is 11.8 Å². The molecule has 0 spiro atoms. The first-order chi connectivity index (χ1) is 36.6. The molecule has 2 aliphatic rings. The van der Waals surface area contributed by atoms with E-state index in [9.17, 15) is 30.1 Å². The van der Waals surface area contributed by atoms with Gasteiger partial charge >= 0.3 is 0 Å². The Morgan fingerprint density at radius 3 is 1.79 bits per heavy atom. The fourth-order valence-corrected chi connectivity index (χ4v) is 10.1. The van der Waals surface area contributed by atoms with Gasteiger partial charge in [-0.1, -0.05) is 84.9 Å². The topological polar surface area (TPSA) is 217 Å². The molecule has 0 aliphatic carbocycles. The summed E-state index contributed by atoms with van der Waals surface area (Å²) in [5, 5.41) is 52.9. The first-order valence-corrected chi connectivity index (χ1v) is 25.1. The van der Waals surface area contributed by atoms with Gasteiger partial charge in [0.15, 0.2) is 5.78 Å². The molecule has 16 heteroatoms. The fourth-order valence-electron chi connectivity index (χ4n) is 10.1. The summed E-state index contributed by atoms with van der Waals surface area (Å²) in [7, 11) is 3.25. The predicted molar refractivity (Wildman–Crippen MR) is 293 cm³/mol. The van der Waals surface area contributed by atoms with E-state index in [2.05, 4.69) is 33.4 Å². The molecule has 7 aromatic carbocycles. The van der Waals surface area contributed by atoms with Crippen molar-refractivity contribution >= 4 is 68.0 Å². The molecule has 4 amide bonds. The molecular weight excluding hydrogens is 957 g/mol. The number of rotatable bonds is 13. The van der Waals surface area contributed by atoms with Crippen LogP contribution >= 0.6 is 0 Å². The fraction of sp³-hybridized carbons (Fsp3) is 0.250. The molecule has 384 valence electrons. The molecule has 16 nitrogen and oxygen atoms in total. The average Bonchev–Trinajstić information content (AvgIpc) is 3.68. The number of anilines is 3. The number of Topliss-reactive ketones (excluding diaryl/α,β-unsaturated/α-hetero) is 1. The molecule has 0 aromatic heterocycles. The van der Waals surface area contributed by atoms with Crippen LogP contribution in [0.5, 0.6) is 0 Å². The summed E-state index contributed by atoms with van der Waals surface area (Å²) in [5.74, 6) is -3.47. The Balaban J connectivity index is 1.10. The van der Waals surface area contributed by atoms with Gasteiger partial charge in [-0.25, -0.2) is 0 Å². The molecule has 76 heavy (non-hydrogen) atoms. The molecule has 0 saturated carbocycles. The van der Waals surface area contributed by atoms with E-state index >= 15 is 9.59 Å². The zero-order valence-corrected chi connectivity index (χ0v) is 43.0. The van der Waals surface area contributed by atoms with Gasteiger partial charge in [0.2, 0.25) is 11.8 Å². The third-order valence-electron chi connectivity index (χ3n) is 14.8. The molecule has 7 aromatic rings. The highest BCUT2D eigenvalue weighted by molar-refractivity contribution is 6.13. The molecule has 1 unspecified atom stereocenters. The highest BCUT2D eigenvalue weighted by Gasteiger charge is 2.40. The zero-order valence-electron chi connectivity index (χ0n) is 43.0. The van der Waals surface area contributed by atoms with Crippen LogP contribution < -0.4 is 36.1 Å². The second kappa shape index (κ2) is 22.0. The molecule has 2 heterocycles. The van der Waals surface area contributed by atoms with Crippen LogP contribution in [0.15, 0.2) is 133 Å². The van der Waals surface area contributed by atoms with Crippen molar-refractivity contribution in [3.8, 4) is 12.1 Å². The van der Waals surface area contributed by atoms with Gasteiger partial charge in [-0.3, -0.25) is 29.1 Å². The van der Waals surface area contributed by atoms with Crippen molar-refractivity contribution in [2.75, 3.05) is 35.4 Å². The predicted octanol–water partition coefficient (Wildman–Crippen LogP) is 7.78. The van der Waals surface area contributed by atoms with Crippen molar-refractivity contribution in [3.63, 3.8) is 0 Å². The molecule has 4 N–H and O–H groups in total. The van der Waals surface area contributed by atoms with Crippen LogP contribution in [-0.4, -0.2) is 79.5 Å². The summed E-state index contributed by atoms with van der Waals surface area (Å²) in [4.78, 5) is 75.4. The molecule has 2 aliphatic heterocycles. The number of hydroxylamine groups is 1.